The molecular weight excluding hydrogens is 140 g/mol. The van der Waals surface area contributed by atoms with Gasteiger partial charge in [0.25, 0.3) is 0 Å². The molecule has 0 saturated heterocycles. The van der Waals surface area contributed by atoms with Crippen LogP contribution in [0.15, 0.2) is 10.7 Å². The van der Waals surface area contributed by atoms with Crippen molar-refractivity contribution in [2.75, 3.05) is 0 Å². The second kappa shape index (κ2) is 3.05. The predicted octanol–water partition coefficient (Wildman–Crippen LogP) is 1.82. The third kappa shape index (κ3) is 1.80. The van der Waals surface area contributed by atoms with Crippen LogP contribution in [0.4, 0.5) is 0 Å². The molecule has 0 fully saturated rings. The van der Waals surface area contributed by atoms with E-state index in [4.69, 9.17) is 10.2 Å². The maximum atomic E-state index is 5.60. The highest BCUT2D eigenvalue weighted by Crippen LogP contribution is 2.15. The van der Waals surface area contributed by atoms with Crippen molar-refractivity contribution < 1.29 is 4.42 Å². The van der Waals surface area contributed by atoms with Gasteiger partial charge in [-0.25, -0.2) is 4.98 Å². The molecule has 1 atom stereocenters. The van der Waals surface area contributed by atoms with Crippen LogP contribution in [0.1, 0.15) is 44.3 Å². The molecule has 2 N–H and O–H groups in total. The standard InChI is InChI=1S/C8H14N2O/c1-5(2)8-10-7(4-11-8)6(3)9/h4-6H,9H2,1-3H3. The Balaban J connectivity index is 2.82. The summed E-state index contributed by atoms with van der Waals surface area (Å²) in [7, 11) is 0. The van der Waals surface area contributed by atoms with E-state index >= 15 is 0 Å². The molecule has 0 amide bonds. The Morgan fingerprint density at radius 2 is 2.09 bits per heavy atom. The second-order valence-electron chi connectivity index (χ2n) is 3.05. The monoisotopic (exact) mass is 154 g/mol. The van der Waals surface area contributed by atoms with Gasteiger partial charge in [0.2, 0.25) is 0 Å². The summed E-state index contributed by atoms with van der Waals surface area (Å²) in [6.45, 7) is 5.97. The van der Waals surface area contributed by atoms with Crippen molar-refractivity contribution in [3.63, 3.8) is 0 Å². The molecule has 1 aromatic rings. The number of hydrogen-bond acceptors (Lipinski definition) is 3. The first kappa shape index (κ1) is 8.27. The van der Waals surface area contributed by atoms with Crippen molar-refractivity contribution in [2.45, 2.75) is 32.7 Å². The Kier molecular flexibility index (Phi) is 2.29. The van der Waals surface area contributed by atoms with Gasteiger partial charge in [-0.2, -0.15) is 0 Å². The highest BCUT2D eigenvalue weighted by atomic mass is 16.3. The molecule has 0 radical (unpaired) electrons. The fourth-order valence-corrected chi connectivity index (χ4v) is 0.775. The number of oxazole rings is 1. The van der Waals surface area contributed by atoms with Crippen molar-refractivity contribution in [1.82, 2.24) is 4.98 Å². The maximum Gasteiger partial charge on any atom is 0.196 e. The Bertz CT molecular complexity index is 205. The molecule has 1 aromatic heterocycles. The van der Waals surface area contributed by atoms with Crippen molar-refractivity contribution in [2.24, 2.45) is 5.73 Å². The first-order chi connectivity index (χ1) is 5.11. The average Bonchev–Trinajstić information content (AvgIpc) is 2.33. The number of hydrogen-bond donors (Lipinski definition) is 1. The SMILES string of the molecule is CC(C)c1nc(C(C)N)co1. The van der Waals surface area contributed by atoms with Crippen LogP contribution in [0.2, 0.25) is 0 Å². The summed E-state index contributed by atoms with van der Waals surface area (Å²) in [5.74, 6) is 1.10. The smallest absolute Gasteiger partial charge is 0.196 e. The summed E-state index contributed by atoms with van der Waals surface area (Å²) < 4.78 is 5.20. The van der Waals surface area contributed by atoms with Crippen molar-refractivity contribution >= 4 is 0 Å². The highest BCUT2D eigenvalue weighted by Gasteiger charge is 2.09. The van der Waals surface area contributed by atoms with E-state index in [0.717, 1.165) is 11.6 Å². The lowest BCUT2D eigenvalue weighted by Gasteiger charge is -1.97. The third-order valence-electron chi connectivity index (χ3n) is 1.50. The molecule has 1 heterocycles. The van der Waals surface area contributed by atoms with Crippen molar-refractivity contribution in [1.29, 1.82) is 0 Å². The summed E-state index contributed by atoms with van der Waals surface area (Å²) in [5.41, 5.74) is 6.43. The Morgan fingerprint density at radius 3 is 2.36 bits per heavy atom. The molecule has 11 heavy (non-hydrogen) atoms. The van der Waals surface area contributed by atoms with Gasteiger partial charge >= 0.3 is 0 Å². The highest BCUT2D eigenvalue weighted by molar-refractivity contribution is 5.02. The maximum absolute atomic E-state index is 5.60. The zero-order valence-corrected chi connectivity index (χ0v) is 7.16. The second-order valence-corrected chi connectivity index (χ2v) is 3.05. The molecule has 0 aliphatic carbocycles. The van der Waals surface area contributed by atoms with E-state index < -0.39 is 0 Å². The van der Waals surface area contributed by atoms with Crippen LogP contribution in [0.5, 0.6) is 0 Å². The fraction of sp³-hybridized carbons (Fsp3) is 0.625. The van der Waals surface area contributed by atoms with Gasteiger partial charge in [-0.15, -0.1) is 0 Å². The van der Waals surface area contributed by atoms with E-state index in [9.17, 15) is 0 Å². The first-order valence-corrected chi connectivity index (χ1v) is 3.82. The van der Waals surface area contributed by atoms with Gasteiger partial charge < -0.3 is 10.2 Å². The van der Waals surface area contributed by atoms with Crippen molar-refractivity contribution in [3.8, 4) is 0 Å². The van der Waals surface area contributed by atoms with Gasteiger partial charge in [0.15, 0.2) is 5.89 Å². The summed E-state index contributed by atoms with van der Waals surface area (Å²) in [6.07, 6.45) is 1.62. The van der Waals surface area contributed by atoms with E-state index in [2.05, 4.69) is 4.98 Å². The quantitative estimate of drug-likeness (QED) is 0.706. The number of aromatic nitrogens is 1. The molecule has 0 spiro atoms. The van der Waals surface area contributed by atoms with Crippen LogP contribution >= 0.6 is 0 Å². The van der Waals surface area contributed by atoms with Crippen LogP contribution in [-0.4, -0.2) is 4.98 Å². The summed E-state index contributed by atoms with van der Waals surface area (Å²) in [6, 6.07) is -0.0359. The van der Waals surface area contributed by atoms with Crippen molar-refractivity contribution in [3.05, 3.63) is 17.8 Å². The lowest BCUT2D eigenvalue weighted by atomic mass is 10.2. The molecule has 3 nitrogen and oxygen atoms in total. The summed E-state index contributed by atoms with van der Waals surface area (Å²) in [5, 5.41) is 0. The Hall–Kier alpha value is -0.830. The minimum absolute atomic E-state index is 0.0359. The van der Waals surface area contributed by atoms with Gasteiger partial charge in [-0.3, -0.25) is 0 Å². The van der Waals surface area contributed by atoms with E-state index in [-0.39, 0.29) is 6.04 Å². The molecule has 0 bridgehead atoms. The largest absolute Gasteiger partial charge is 0.448 e. The molecule has 0 saturated carbocycles. The Morgan fingerprint density at radius 1 is 1.45 bits per heavy atom. The summed E-state index contributed by atoms with van der Waals surface area (Å²) >= 11 is 0. The van der Waals surface area contributed by atoms with Gasteiger partial charge in [0.05, 0.1) is 5.69 Å². The van der Waals surface area contributed by atoms with Gasteiger partial charge in [-0.1, -0.05) is 13.8 Å². The molecule has 0 aliphatic rings. The fourth-order valence-electron chi connectivity index (χ4n) is 0.775. The third-order valence-corrected chi connectivity index (χ3v) is 1.50. The first-order valence-electron chi connectivity index (χ1n) is 3.82. The van der Waals surface area contributed by atoms with E-state index in [0.29, 0.717) is 5.92 Å². The van der Waals surface area contributed by atoms with Crippen LogP contribution in [0, 0.1) is 0 Å². The lowest BCUT2D eigenvalue weighted by Crippen LogP contribution is -2.05. The zero-order chi connectivity index (χ0) is 8.43. The predicted molar refractivity (Wildman–Crippen MR) is 43.2 cm³/mol. The molecule has 0 aromatic carbocycles. The van der Waals surface area contributed by atoms with E-state index in [1.165, 1.54) is 0 Å². The van der Waals surface area contributed by atoms with E-state index in [1.807, 2.05) is 20.8 Å². The molecule has 1 rings (SSSR count). The minimum atomic E-state index is -0.0359. The Labute approximate surface area is 66.6 Å². The topological polar surface area (TPSA) is 52.0 Å². The summed E-state index contributed by atoms with van der Waals surface area (Å²) in [4.78, 5) is 4.22. The van der Waals surface area contributed by atoms with Crippen LogP contribution in [0.3, 0.4) is 0 Å². The van der Waals surface area contributed by atoms with Gasteiger partial charge in [0, 0.05) is 12.0 Å². The molecule has 0 aliphatic heterocycles. The van der Waals surface area contributed by atoms with Crippen LogP contribution < -0.4 is 5.73 Å². The van der Waals surface area contributed by atoms with Crippen LogP contribution in [-0.2, 0) is 0 Å². The minimum Gasteiger partial charge on any atom is -0.448 e. The molecular formula is C8H14N2O. The number of nitrogens with two attached hydrogens (primary N) is 1. The van der Waals surface area contributed by atoms with Gasteiger partial charge in [-0.05, 0) is 6.92 Å². The zero-order valence-electron chi connectivity index (χ0n) is 7.16. The lowest BCUT2D eigenvalue weighted by molar-refractivity contribution is 0.470. The van der Waals surface area contributed by atoms with Gasteiger partial charge in [0.1, 0.15) is 6.26 Å². The molecule has 62 valence electrons. The average molecular weight is 154 g/mol. The molecule has 1 unspecified atom stereocenters. The number of nitrogens with zero attached hydrogens (tertiary/aromatic N) is 1. The number of rotatable bonds is 2. The normalized spacial score (nSPS) is 13.9. The molecule has 3 heteroatoms. The van der Waals surface area contributed by atoms with E-state index in [1.54, 1.807) is 6.26 Å². The van der Waals surface area contributed by atoms with Crippen LogP contribution in [0.25, 0.3) is 0 Å².